The predicted octanol–water partition coefficient (Wildman–Crippen LogP) is 1.31. The van der Waals surface area contributed by atoms with Gasteiger partial charge in [0.1, 0.15) is 11.9 Å². The van der Waals surface area contributed by atoms with Gasteiger partial charge in [0.15, 0.2) is 5.69 Å². The van der Waals surface area contributed by atoms with Crippen LogP contribution in [-0.2, 0) is 0 Å². The van der Waals surface area contributed by atoms with E-state index in [-0.39, 0.29) is 17.7 Å². The van der Waals surface area contributed by atoms with Crippen LogP contribution in [0.1, 0.15) is 23.0 Å². The van der Waals surface area contributed by atoms with Crippen LogP contribution in [-0.4, -0.2) is 34.0 Å². The van der Waals surface area contributed by atoms with E-state index in [4.69, 9.17) is 4.74 Å². The van der Waals surface area contributed by atoms with Gasteiger partial charge >= 0.3 is 0 Å². The molecule has 0 aliphatic heterocycles. The molecule has 0 aliphatic carbocycles. The van der Waals surface area contributed by atoms with Gasteiger partial charge in [0, 0.05) is 0 Å². The van der Waals surface area contributed by atoms with Crippen molar-refractivity contribution in [3.05, 3.63) is 41.7 Å². The number of hydrogen-bond donors (Lipinski definition) is 2. The van der Waals surface area contributed by atoms with Gasteiger partial charge < -0.3 is 10.1 Å². The number of rotatable bonds is 5. The zero-order chi connectivity index (χ0) is 13.7. The molecule has 1 atom stereocenters. The second-order valence-corrected chi connectivity index (χ2v) is 4.31. The first-order valence-corrected chi connectivity index (χ1v) is 6.02. The lowest BCUT2D eigenvalue weighted by Crippen LogP contribution is -2.33. The number of carbonyl (C=O) groups excluding carboxylic acids is 1. The van der Waals surface area contributed by atoms with Gasteiger partial charge in [-0.15, -0.1) is 0 Å². The molecule has 1 amide bonds. The zero-order valence-electron chi connectivity index (χ0n) is 10.9. The predicted molar refractivity (Wildman–Crippen MR) is 70.0 cm³/mol. The van der Waals surface area contributed by atoms with Crippen molar-refractivity contribution in [3.8, 4) is 5.75 Å². The Morgan fingerprint density at radius 3 is 2.79 bits per heavy atom. The molecule has 100 valence electrons. The van der Waals surface area contributed by atoms with Crippen LogP contribution in [0.15, 0.2) is 30.5 Å². The molecular formula is C13H16N4O2. The maximum Gasteiger partial charge on any atom is 0.273 e. The Balaban J connectivity index is 1.80. The lowest BCUT2D eigenvalue weighted by Gasteiger charge is -2.15. The van der Waals surface area contributed by atoms with Crippen molar-refractivity contribution in [3.63, 3.8) is 0 Å². The highest BCUT2D eigenvalue weighted by Crippen LogP contribution is 2.12. The van der Waals surface area contributed by atoms with E-state index < -0.39 is 0 Å². The second kappa shape index (κ2) is 5.99. The minimum absolute atomic E-state index is 0.126. The second-order valence-electron chi connectivity index (χ2n) is 4.31. The molecule has 6 heteroatoms. The quantitative estimate of drug-likeness (QED) is 0.849. The van der Waals surface area contributed by atoms with Crippen LogP contribution < -0.4 is 10.1 Å². The van der Waals surface area contributed by atoms with E-state index >= 15 is 0 Å². The molecule has 0 saturated carbocycles. The van der Waals surface area contributed by atoms with Crippen LogP contribution in [0.3, 0.4) is 0 Å². The van der Waals surface area contributed by atoms with Gasteiger partial charge in [-0.1, -0.05) is 17.7 Å². The van der Waals surface area contributed by atoms with Gasteiger partial charge in [-0.2, -0.15) is 15.4 Å². The highest BCUT2D eigenvalue weighted by molar-refractivity contribution is 5.91. The number of aromatic nitrogens is 3. The average Bonchev–Trinajstić information content (AvgIpc) is 2.93. The standard InChI is InChI=1S/C13H16N4O2/c1-9-3-5-11(6-4-9)19-10(2)7-14-13(18)12-8-15-17-16-12/h3-6,8,10H,7H2,1-2H3,(H,14,18)(H,15,16,17)/t10-/m1/s1. The molecule has 2 aromatic rings. The van der Waals surface area contributed by atoms with Crippen molar-refractivity contribution in [2.75, 3.05) is 6.54 Å². The Hall–Kier alpha value is -2.37. The van der Waals surface area contributed by atoms with Gasteiger partial charge in [-0.25, -0.2) is 0 Å². The topological polar surface area (TPSA) is 79.9 Å². The van der Waals surface area contributed by atoms with Crippen molar-refractivity contribution in [2.45, 2.75) is 20.0 Å². The minimum Gasteiger partial charge on any atom is -0.489 e. The van der Waals surface area contributed by atoms with Crippen molar-refractivity contribution < 1.29 is 9.53 Å². The largest absolute Gasteiger partial charge is 0.489 e. The molecule has 0 spiro atoms. The summed E-state index contributed by atoms with van der Waals surface area (Å²) in [6.07, 6.45) is 1.25. The number of benzene rings is 1. The van der Waals surface area contributed by atoms with Crippen LogP contribution in [0.25, 0.3) is 0 Å². The lowest BCUT2D eigenvalue weighted by molar-refractivity contribution is 0.0927. The smallest absolute Gasteiger partial charge is 0.273 e. The van der Waals surface area contributed by atoms with E-state index in [1.807, 2.05) is 38.1 Å². The number of amides is 1. The fourth-order valence-corrected chi connectivity index (χ4v) is 1.53. The molecule has 0 aliphatic rings. The Labute approximate surface area is 111 Å². The summed E-state index contributed by atoms with van der Waals surface area (Å²) in [4.78, 5) is 11.6. The van der Waals surface area contributed by atoms with E-state index in [2.05, 4.69) is 20.7 Å². The summed E-state index contributed by atoms with van der Waals surface area (Å²) in [5.74, 6) is 0.516. The third-order valence-corrected chi connectivity index (χ3v) is 2.56. The molecule has 2 rings (SSSR count). The monoisotopic (exact) mass is 260 g/mol. The van der Waals surface area contributed by atoms with Crippen molar-refractivity contribution >= 4 is 5.91 Å². The Kier molecular flexibility index (Phi) is 4.12. The Morgan fingerprint density at radius 2 is 2.16 bits per heavy atom. The maximum atomic E-state index is 11.6. The first-order chi connectivity index (χ1) is 9.15. The van der Waals surface area contributed by atoms with Crippen LogP contribution in [0.4, 0.5) is 0 Å². The molecule has 1 aromatic heterocycles. The van der Waals surface area contributed by atoms with Crippen LogP contribution in [0, 0.1) is 6.92 Å². The Bertz CT molecular complexity index is 522. The minimum atomic E-state index is -0.270. The number of aromatic amines is 1. The number of carbonyl (C=O) groups is 1. The Morgan fingerprint density at radius 1 is 1.42 bits per heavy atom. The molecule has 2 N–H and O–H groups in total. The van der Waals surface area contributed by atoms with Crippen molar-refractivity contribution in [1.29, 1.82) is 0 Å². The molecule has 0 fully saturated rings. The first-order valence-electron chi connectivity index (χ1n) is 6.02. The number of ether oxygens (including phenoxy) is 1. The first kappa shape index (κ1) is 13.1. The van der Waals surface area contributed by atoms with E-state index in [1.165, 1.54) is 11.8 Å². The van der Waals surface area contributed by atoms with E-state index in [0.29, 0.717) is 6.54 Å². The molecule has 19 heavy (non-hydrogen) atoms. The number of aryl methyl sites for hydroxylation is 1. The van der Waals surface area contributed by atoms with E-state index in [9.17, 15) is 4.79 Å². The van der Waals surface area contributed by atoms with Gasteiger partial charge in [0.25, 0.3) is 5.91 Å². The molecule has 0 unspecified atom stereocenters. The summed E-state index contributed by atoms with van der Waals surface area (Å²) in [5, 5.41) is 12.4. The molecule has 1 heterocycles. The van der Waals surface area contributed by atoms with Gasteiger partial charge in [0.05, 0.1) is 12.7 Å². The highest BCUT2D eigenvalue weighted by Gasteiger charge is 2.10. The summed E-state index contributed by atoms with van der Waals surface area (Å²) in [6, 6.07) is 7.78. The van der Waals surface area contributed by atoms with E-state index in [0.717, 1.165) is 5.75 Å². The molecule has 0 saturated heterocycles. The van der Waals surface area contributed by atoms with Crippen LogP contribution in [0.5, 0.6) is 5.75 Å². The zero-order valence-corrected chi connectivity index (χ0v) is 10.9. The number of nitrogens with zero attached hydrogens (tertiary/aromatic N) is 2. The summed E-state index contributed by atoms with van der Waals surface area (Å²) < 4.78 is 5.68. The lowest BCUT2D eigenvalue weighted by atomic mass is 10.2. The van der Waals surface area contributed by atoms with E-state index in [1.54, 1.807) is 0 Å². The molecular weight excluding hydrogens is 244 g/mol. The molecule has 6 nitrogen and oxygen atoms in total. The number of H-pyrrole nitrogens is 1. The number of nitrogens with one attached hydrogen (secondary N) is 2. The van der Waals surface area contributed by atoms with Crippen LogP contribution >= 0.6 is 0 Å². The van der Waals surface area contributed by atoms with Gasteiger partial charge in [-0.3, -0.25) is 4.79 Å². The highest BCUT2D eigenvalue weighted by atomic mass is 16.5. The SMILES string of the molecule is Cc1ccc(O[C@H](C)CNC(=O)c2cn[nH]n2)cc1. The number of hydrogen-bond acceptors (Lipinski definition) is 4. The fraction of sp³-hybridized carbons (Fsp3) is 0.308. The summed E-state index contributed by atoms with van der Waals surface area (Å²) in [5.41, 5.74) is 1.45. The maximum absolute atomic E-state index is 11.6. The fourth-order valence-electron chi connectivity index (χ4n) is 1.53. The summed E-state index contributed by atoms with van der Waals surface area (Å²) in [7, 11) is 0. The third kappa shape index (κ3) is 3.80. The molecule has 0 bridgehead atoms. The molecule has 0 radical (unpaired) electrons. The third-order valence-electron chi connectivity index (χ3n) is 2.56. The summed E-state index contributed by atoms with van der Waals surface area (Å²) in [6.45, 7) is 4.31. The van der Waals surface area contributed by atoms with Gasteiger partial charge in [-0.05, 0) is 26.0 Å². The summed E-state index contributed by atoms with van der Waals surface area (Å²) >= 11 is 0. The van der Waals surface area contributed by atoms with Crippen LogP contribution in [0.2, 0.25) is 0 Å². The van der Waals surface area contributed by atoms with Gasteiger partial charge in [0.2, 0.25) is 0 Å². The van der Waals surface area contributed by atoms with Crippen molar-refractivity contribution in [1.82, 2.24) is 20.7 Å². The molecule has 1 aromatic carbocycles. The van der Waals surface area contributed by atoms with Crippen molar-refractivity contribution in [2.24, 2.45) is 0 Å². The average molecular weight is 260 g/mol. The normalized spacial score (nSPS) is 11.9.